The van der Waals surface area contributed by atoms with Gasteiger partial charge in [-0.2, -0.15) is 0 Å². The van der Waals surface area contributed by atoms with Crippen LogP contribution in [0.5, 0.6) is 0 Å². The summed E-state index contributed by atoms with van der Waals surface area (Å²) in [6.07, 6.45) is 0. The molecule has 0 unspecified atom stereocenters. The Balaban J connectivity index is 2.09. The lowest BCUT2D eigenvalue weighted by Crippen LogP contribution is -2.35. The fourth-order valence-electron chi connectivity index (χ4n) is 2.68. The van der Waals surface area contributed by atoms with Crippen molar-refractivity contribution in [1.29, 1.82) is 0 Å². The molecule has 25 heavy (non-hydrogen) atoms. The average molecular weight is 357 g/mol. The summed E-state index contributed by atoms with van der Waals surface area (Å²) in [5.74, 6) is -0.236. The minimum absolute atomic E-state index is 0.0664. The van der Waals surface area contributed by atoms with Crippen LogP contribution in [0.25, 0.3) is 0 Å². The molecule has 0 atom stereocenters. The third-order valence-corrected chi connectivity index (χ3v) is 5.05. The third-order valence-electron chi connectivity index (χ3n) is 4.07. The van der Waals surface area contributed by atoms with Crippen molar-refractivity contribution in [1.82, 2.24) is 0 Å². The summed E-state index contributed by atoms with van der Waals surface area (Å²) >= 11 is 1.33. The Morgan fingerprint density at radius 2 is 1.84 bits per heavy atom. The highest BCUT2D eigenvalue weighted by Crippen LogP contribution is 2.28. The van der Waals surface area contributed by atoms with Crippen LogP contribution >= 0.6 is 11.8 Å². The number of benzene rings is 2. The molecule has 1 amide bonds. The number of aryl methyl sites for hydroxylation is 1. The average Bonchev–Trinajstić information content (AvgIpc) is 2.55. The van der Waals surface area contributed by atoms with Crippen LogP contribution in [0.3, 0.4) is 0 Å². The van der Waals surface area contributed by atoms with E-state index in [9.17, 15) is 9.59 Å². The van der Waals surface area contributed by atoms with Crippen molar-refractivity contribution in [2.24, 2.45) is 0 Å². The first-order chi connectivity index (χ1) is 11.8. The van der Waals surface area contributed by atoms with Crippen LogP contribution in [0.1, 0.15) is 30.5 Å². The molecule has 2 aromatic rings. The van der Waals surface area contributed by atoms with Crippen molar-refractivity contribution < 1.29 is 14.7 Å². The minimum Gasteiger partial charge on any atom is -0.481 e. The highest BCUT2D eigenvalue weighted by atomic mass is 32.2. The van der Waals surface area contributed by atoms with Gasteiger partial charge < -0.3 is 10.4 Å². The number of nitrogens with one attached hydrogen (secondary N) is 1. The van der Waals surface area contributed by atoms with Gasteiger partial charge in [0, 0.05) is 11.4 Å². The van der Waals surface area contributed by atoms with Crippen LogP contribution in [0.2, 0.25) is 0 Å². The molecule has 132 valence electrons. The quantitative estimate of drug-likeness (QED) is 0.778. The van der Waals surface area contributed by atoms with E-state index in [0.29, 0.717) is 5.75 Å². The summed E-state index contributed by atoms with van der Waals surface area (Å²) in [6.45, 7) is 5.83. The summed E-state index contributed by atoms with van der Waals surface area (Å²) in [5, 5.41) is 11.7. The zero-order valence-corrected chi connectivity index (χ0v) is 15.5. The highest BCUT2D eigenvalue weighted by molar-refractivity contribution is 7.99. The van der Waals surface area contributed by atoms with E-state index in [1.165, 1.54) is 11.8 Å². The summed E-state index contributed by atoms with van der Waals surface area (Å²) in [5.41, 5.74) is 3.14. The van der Waals surface area contributed by atoms with Crippen molar-refractivity contribution >= 4 is 29.3 Å². The molecule has 4 nitrogen and oxygen atoms in total. The first-order valence-electron chi connectivity index (χ1n) is 8.07. The molecule has 0 aromatic heterocycles. The van der Waals surface area contributed by atoms with Gasteiger partial charge in [-0.05, 0) is 49.6 Å². The van der Waals surface area contributed by atoms with E-state index in [1.54, 1.807) is 0 Å². The number of rotatable bonds is 7. The van der Waals surface area contributed by atoms with E-state index in [4.69, 9.17) is 5.11 Å². The fraction of sp³-hybridized carbons (Fsp3) is 0.300. The van der Waals surface area contributed by atoms with Crippen LogP contribution in [-0.4, -0.2) is 22.7 Å². The molecule has 2 N–H and O–H groups in total. The number of aliphatic carboxylic acids is 1. The SMILES string of the molecule is Cc1ccccc1C(C)(C)C(=O)Nc1cccc(CSCC(=O)O)c1. The van der Waals surface area contributed by atoms with E-state index in [-0.39, 0.29) is 11.7 Å². The molecule has 0 spiro atoms. The molecule has 0 heterocycles. The first-order valence-corrected chi connectivity index (χ1v) is 9.22. The topological polar surface area (TPSA) is 66.4 Å². The summed E-state index contributed by atoms with van der Waals surface area (Å²) in [6, 6.07) is 15.4. The zero-order chi connectivity index (χ0) is 18.4. The van der Waals surface area contributed by atoms with Crippen molar-refractivity contribution in [2.75, 3.05) is 11.1 Å². The van der Waals surface area contributed by atoms with Gasteiger partial charge in [0.2, 0.25) is 5.91 Å². The lowest BCUT2D eigenvalue weighted by Gasteiger charge is -2.26. The van der Waals surface area contributed by atoms with Crippen LogP contribution in [0, 0.1) is 6.92 Å². The predicted molar refractivity (Wildman–Crippen MR) is 103 cm³/mol. The number of hydrogen-bond donors (Lipinski definition) is 2. The van der Waals surface area contributed by atoms with Gasteiger partial charge in [-0.25, -0.2) is 0 Å². The van der Waals surface area contributed by atoms with E-state index < -0.39 is 11.4 Å². The number of hydrogen-bond acceptors (Lipinski definition) is 3. The number of carboxylic acids is 1. The van der Waals surface area contributed by atoms with Crippen LogP contribution in [-0.2, 0) is 20.8 Å². The molecule has 2 rings (SSSR count). The number of carbonyl (C=O) groups excluding carboxylic acids is 1. The Labute approximate surface area is 152 Å². The monoisotopic (exact) mass is 357 g/mol. The molecular formula is C20H23NO3S. The van der Waals surface area contributed by atoms with Gasteiger partial charge in [-0.1, -0.05) is 36.4 Å². The largest absolute Gasteiger partial charge is 0.481 e. The Bertz CT molecular complexity index is 771. The second-order valence-corrected chi connectivity index (χ2v) is 7.47. The molecule has 0 aliphatic rings. The minimum atomic E-state index is -0.825. The number of carbonyl (C=O) groups is 2. The number of anilines is 1. The molecule has 0 bridgehead atoms. The summed E-state index contributed by atoms with van der Waals surface area (Å²) in [7, 11) is 0. The van der Waals surface area contributed by atoms with Crippen LogP contribution in [0.15, 0.2) is 48.5 Å². The zero-order valence-electron chi connectivity index (χ0n) is 14.7. The lowest BCUT2D eigenvalue weighted by molar-refractivity contribution is -0.133. The van der Waals surface area contributed by atoms with Crippen molar-refractivity contribution in [2.45, 2.75) is 31.9 Å². The molecule has 0 saturated heterocycles. The van der Waals surface area contributed by atoms with Crippen molar-refractivity contribution in [3.8, 4) is 0 Å². The molecule has 0 aliphatic heterocycles. The number of carboxylic acid groups (broad SMARTS) is 1. The smallest absolute Gasteiger partial charge is 0.313 e. The maximum Gasteiger partial charge on any atom is 0.313 e. The van der Waals surface area contributed by atoms with E-state index in [1.807, 2.05) is 69.3 Å². The molecule has 0 saturated carbocycles. The Hall–Kier alpha value is -2.27. The van der Waals surface area contributed by atoms with E-state index in [0.717, 1.165) is 22.4 Å². The lowest BCUT2D eigenvalue weighted by atomic mass is 9.81. The maximum atomic E-state index is 12.8. The maximum absolute atomic E-state index is 12.8. The standard InChI is InChI=1S/C20H23NO3S/c1-14-7-4-5-10-17(14)20(2,3)19(24)21-16-9-6-8-15(11-16)12-25-13-18(22)23/h4-11H,12-13H2,1-3H3,(H,21,24)(H,22,23). The van der Waals surface area contributed by atoms with Gasteiger partial charge in [0.05, 0.1) is 11.2 Å². The number of thioether (sulfide) groups is 1. The normalized spacial score (nSPS) is 11.2. The van der Waals surface area contributed by atoms with Gasteiger partial charge in [0.1, 0.15) is 0 Å². The summed E-state index contributed by atoms with van der Waals surface area (Å²) in [4.78, 5) is 23.4. The van der Waals surface area contributed by atoms with Crippen molar-refractivity contribution in [3.63, 3.8) is 0 Å². The van der Waals surface area contributed by atoms with E-state index in [2.05, 4.69) is 5.32 Å². The Kier molecular flexibility index (Phi) is 6.26. The first kappa shape index (κ1) is 19.1. The van der Waals surface area contributed by atoms with Gasteiger partial charge >= 0.3 is 5.97 Å². The highest BCUT2D eigenvalue weighted by Gasteiger charge is 2.31. The van der Waals surface area contributed by atoms with Gasteiger partial charge in [-0.3, -0.25) is 9.59 Å². The summed E-state index contributed by atoms with van der Waals surface area (Å²) < 4.78 is 0. The van der Waals surface area contributed by atoms with Gasteiger partial charge in [0.25, 0.3) is 0 Å². The van der Waals surface area contributed by atoms with E-state index >= 15 is 0 Å². The molecular weight excluding hydrogens is 334 g/mol. The number of amides is 1. The van der Waals surface area contributed by atoms with Crippen molar-refractivity contribution in [3.05, 3.63) is 65.2 Å². The molecule has 0 aliphatic carbocycles. The van der Waals surface area contributed by atoms with Crippen LogP contribution < -0.4 is 5.32 Å². The Morgan fingerprint density at radius 1 is 1.12 bits per heavy atom. The Morgan fingerprint density at radius 3 is 2.52 bits per heavy atom. The van der Waals surface area contributed by atoms with Gasteiger partial charge in [-0.15, -0.1) is 11.8 Å². The molecule has 2 aromatic carbocycles. The van der Waals surface area contributed by atoms with Crippen LogP contribution in [0.4, 0.5) is 5.69 Å². The second-order valence-electron chi connectivity index (χ2n) is 6.48. The van der Waals surface area contributed by atoms with Gasteiger partial charge in [0.15, 0.2) is 0 Å². The third kappa shape index (κ3) is 5.10. The predicted octanol–water partition coefficient (Wildman–Crippen LogP) is 4.23. The molecule has 5 heteroatoms. The molecule has 0 fully saturated rings. The second kappa shape index (κ2) is 8.21. The fourth-order valence-corrected chi connectivity index (χ4v) is 3.37. The molecule has 0 radical (unpaired) electrons.